The van der Waals surface area contributed by atoms with E-state index in [4.69, 9.17) is 0 Å². The van der Waals surface area contributed by atoms with E-state index >= 15 is 0 Å². The van der Waals surface area contributed by atoms with Crippen LogP contribution in [0.1, 0.15) is 26.7 Å². The van der Waals surface area contributed by atoms with Gasteiger partial charge >= 0.3 is 0 Å². The fourth-order valence-electron chi connectivity index (χ4n) is 1.88. The van der Waals surface area contributed by atoms with Crippen molar-refractivity contribution in [3.8, 4) is 0 Å². The molecule has 0 aliphatic heterocycles. The number of rotatable bonds is 9. The highest BCUT2D eigenvalue weighted by molar-refractivity contribution is 5.48. The summed E-state index contributed by atoms with van der Waals surface area (Å²) in [5.41, 5.74) is 0. The van der Waals surface area contributed by atoms with Crippen molar-refractivity contribution in [3.63, 3.8) is 0 Å². The molecule has 1 rings (SSSR count). The van der Waals surface area contributed by atoms with Gasteiger partial charge in [-0.1, -0.05) is 6.92 Å². The molecule has 108 valence electrons. The monoisotopic (exact) mass is 265 g/mol. The fourth-order valence-corrected chi connectivity index (χ4v) is 1.88. The summed E-state index contributed by atoms with van der Waals surface area (Å²) in [4.78, 5) is 13.1. The average molecular weight is 265 g/mol. The molecule has 0 aliphatic carbocycles. The number of nitrogens with zero attached hydrogens (tertiary/aromatic N) is 4. The Labute approximate surface area is 117 Å². The molecule has 5 heteroatoms. The molecule has 1 N–H and O–H groups in total. The number of aromatic nitrogens is 2. The molecule has 19 heavy (non-hydrogen) atoms. The molecule has 0 spiro atoms. The van der Waals surface area contributed by atoms with Crippen LogP contribution >= 0.6 is 0 Å². The maximum atomic E-state index is 4.38. The summed E-state index contributed by atoms with van der Waals surface area (Å²) in [5, 5.41) is 3.30. The molecule has 0 fully saturated rings. The Morgan fingerprint density at radius 2 is 1.95 bits per heavy atom. The number of nitrogens with one attached hydrogen (secondary N) is 1. The topological polar surface area (TPSA) is 44.3 Å². The summed E-state index contributed by atoms with van der Waals surface area (Å²) in [6, 6.07) is 2.04. The van der Waals surface area contributed by atoms with Gasteiger partial charge in [-0.25, -0.2) is 9.97 Å². The lowest BCUT2D eigenvalue weighted by Crippen LogP contribution is -2.27. The first-order valence-electron chi connectivity index (χ1n) is 7.13. The highest BCUT2D eigenvalue weighted by Gasteiger charge is 2.07. The van der Waals surface area contributed by atoms with Gasteiger partial charge in [0.1, 0.15) is 18.0 Å². The molecule has 5 nitrogen and oxygen atoms in total. The van der Waals surface area contributed by atoms with Crippen molar-refractivity contribution in [2.75, 3.05) is 50.5 Å². The Hall–Kier alpha value is -1.36. The Balaban J connectivity index is 2.58. The number of hydrogen-bond donors (Lipinski definition) is 1. The maximum Gasteiger partial charge on any atom is 0.134 e. The molecule has 0 amide bonds. The van der Waals surface area contributed by atoms with E-state index in [1.165, 1.54) is 0 Å². The van der Waals surface area contributed by atoms with E-state index < -0.39 is 0 Å². The first kappa shape index (κ1) is 15.7. The van der Waals surface area contributed by atoms with E-state index in [2.05, 4.69) is 53.0 Å². The molecule has 1 aromatic rings. The van der Waals surface area contributed by atoms with E-state index in [9.17, 15) is 0 Å². The van der Waals surface area contributed by atoms with Crippen molar-refractivity contribution >= 4 is 11.6 Å². The second-order valence-electron chi connectivity index (χ2n) is 4.92. The molecule has 1 aromatic heterocycles. The smallest absolute Gasteiger partial charge is 0.134 e. The molecule has 0 aliphatic rings. The minimum Gasteiger partial charge on any atom is -0.370 e. The Morgan fingerprint density at radius 1 is 1.16 bits per heavy atom. The third-order valence-corrected chi connectivity index (χ3v) is 2.95. The molecule has 1 heterocycles. The van der Waals surface area contributed by atoms with Gasteiger partial charge in [-0.15, -0.1) is 0 Å². The molecule has 0 radical (unpaired) electrons. The first-order valence-corrected chi connectivity index (χ1v) is 7.13. The van der Waals surface area contributed by atoms with Crippen molar-refractivity contribution in [2.45, 2.75) is 26.7 Å². The quantitative estimate of drug-likeness (QED) is 0.740. The largest absolute Gasteiger partial charge is 0.370 e. The van der Waals surface area contributed by atoms with Gasteiger partial charge in [0.2, 0.25) is 0 Å². The third kappa shape index (κ3) is 5.87. The summed E-state index contributed by atoms with van der Waals surface area (Å²) in [5.74, 6) is 1.92. The summed E-state index contributed by atoms with van der Waals surface area (Å²) in [6.45, 7) is 8.36. The second kappa shape index (κ2) is 8.69. The van der Waals surface area contributed by atoms with Crippen LogP contribution < -0.4 is 10.2 Å². The van der Waals surface area contributed by atoms with Crippen LogP contribution in [-0.2, 0) is 0 Å². The van der Waals surface area contributed by atoms with E-state index in [0.29, 0.717) is 0 Å². The van der Waals surface area contributed by atoms with Crippen LogP contribution in [0, 0.1) is 0 Å². The molecule has 0 saturated heterocycles. The van der Waals surface area contributed by atoms with Gasteiger partial charge < -0.3 is 15.1 Å². The molecule has 0 aromatic carbocycles. The van der Waals surface area contributed by atoms with Crippen molar-refractivity contribution in [1.29, 1.82) is 0 Å². The van der Waals surface area contributed by atoms with E-state index in [-0.39, 0.29) is 0 Å². The van der Waals surface area contributed by atoms with Gasteiger partial charge in [0.15, 0.2) is 0 Å². The maximum absolute atomic E-state index is 4.38. The lowest BCUT2D eigenvalue weighted by atomic mass is 10.3. The van der Waals surface area contributed by atoms with Crippen LogP contribution in [0.5, 0.6) is 0 Å². The van der Waals surface area contributed by atoms with Crippen molar-refractivity contribution in [2.24, 2.45) is 0 Å². The fraction of sp³-hybridized carbons (Fsp3) is 0.714. The third-order valence-electron chi connectivity index (χ3n) is 2.95. The van der Waals surface area contributed by atoms with Crippen LogP contribution in [0.3, 0.4) is 0 Å². The normalized spacial score (nSPS) is 10.8. The Bertz CT molecular complexity index is 353. The van der Waals surface area contributed by atoms with Crippen molar-refractivity contribution < 1.29 is 0 Å². The van der Waals surface area contributed by atoms with Gasteiger partial charge in [-0.05, 0) is 40.4 Å². The second-order valence-corrected chi connectivity index (χ2v) is 4.92. The molecular weight excluding hydrogens is 238 g/mol. The summed E-state index contributed by atoms with van der Waals surface area (Å²) >= 11 is 0. The lowest BCUT2D eigenvalue weighted by Gasteiger charge is -2.23. The van der Waals surface area contributed by atoms with Gasteiger partial charge in [0.05, 0.1) is 0 Å². The van der Waals surface area contributed by atoms with Crippen LogP contribution in [-0.4, -0.2) is 55.1 Å². The zero-order chi connectivity index (χ0) is 14.1. The SMILES string of the molecule is CCCNc1cc(N(CC)CCCN(C)C)ncn1. The minimum absolute atomic E-state index is 0.915. The predicted octanol–water partition coefficient (Wildman–Crippen LogP) is 2.08. The zero-order valence-corrected chi connectivity index (χ0v) is 12.7. The molecule has 0 unspecified atom stereocenters. The van der Waals surface area contributed by atoms with Crippen molar-refractivity contribution in [3.05, 3.63) is 12.4 Å². The van der Waals surface area contributed by atoms with E-state index in [1.807, 2.05) is 6.07 Å². The van der Waals surface area contributed by atoms with E-state index in [0.717, 1.165) is 50.7 Å². The lowest BCUT2D eigenvalue weighted by molar-refractivity contribution is 0.400. The van der Waals surface area contributed by atoms with Crippen molar-refractivity contribution in [1.82, 2.24) is 14.9 Å². The molecular formula is C14H27N5. The van der Waals surface area contributed by atoms with Gasteiger partial charge in [0, 0.05) is 25.7 Å². The van der Waals surface area contributed by atoms with Gasteiger partial charge in [-0.2, -0.15) is 0 Å². The minimum atomic E-state index is 0.915. The van der Waals surface area contributed by atoms with Crippen LogP contribution in [0.15, 0.2) is 12.4 Å². The predicted molar refractivity (Wildman–Crippen MR) is 81.9 cm³/mol. The molecule has 0 atom stereocenters. The van der Waals surface area contributed by atoms with Gasteiger partial charge in [0.25, 0.3) is 0 Å². The first-order chi connectivity index (χ1) is 9.17. The zero-order valence-electron chi connectivity index (χ0n) is 12.7. The summed E-state index contributed by atoms with van der Waals surface area (Å²) < 4.78 is 0. The highest BCUT2D eigenvalue weighted by Crippen LogP contribution is 2.14. The summed E-state index contributed by atoms with van der Waals surface area (Å²) in [7, 11) is 4.21. The Morgan fingerprint density at radius 3 is 2.58 bits per heavy atom. The highest BCUT2D eigenvalue weighted by atomic mass is 15.2. The Kier molecular flexibility index (Phi) is 7.18. The van der Waals surface area contributed by atoms with Gasteiger partial charge in [-0.3, -0.25) is 0 Å². The van der Waals surface area contributed by atoms with Crippen LogP contribution in [0.4, 0.5) is 11.6 Å². The standard InChI is InChI=1S/C14H27N5/c1-5-8-15-13-11-14(17-12-16-13)19(6-2)10-7-9-18(3)4/h11-12H,5-10H2,1-4H3,(H,15,16,17). The molecule has 0 saturated carbocycles. The average Bonchev–Trinajstić information content (AvgIpc) is 2.41. The molecule has 0 bridgehead atoms. The summed E-state index contributed by atoms with van der Waals surface area (Å²) in [6.07, 6.45) is 3.88. The number of hydrogen-bond acceptors (Lipinski definition) is 5. The van der Waals surface area contributed by atoms with Crippen LogP contribution in [0.2, 0.25) is 0 Å². The number of anilines is 2. The van der Waals surface area contributed by atoms with Crippen LogP contribution in [0.25, 0.3) is 0 Å². The van der Waals surface area contributed by atoms with E-state index in [1.54, 1.807) is 6.33 Å².